The Morgan fingerprint density at radius 1 is 1.00 bits per heavy atom. The van der Waals surface area contributed by atoms with Crippen LogP contribution in [0.4, 0.5) is 0 Å². The molecule has 0 aliphatic carbocycles. The molecule has 0 amide bonds. The SMILES string of the molecule is Cc1ccc(-c2ccc(Br)cc2)n1Cc1ccc(C(=O)O)cc1. The number of rotatable bonds is 4. The van der Waals surface area contributed by atoms with Gasteiger partial charge in [-0.1, -0.05) is 40.2 Å². The number of halogens is 1. The Morgan fingerprint density at radius 2 is 1.65 bits per heavy atom. The van der Waals surface area contributed by atoms with Crippen molar-refractivity contribution >= 4 is 21.9 Å². The highest BCUT2D eigenvalue weighted by molar-refractivity contribution is 9.10. The number of benzene rings is 2. The summed E-state index contributed by atoms with van der Waals surface area (Å²) >= 11 is 3.46. The molecule has 0 bridgehead atoms. The van der Waals surface area contributed by atoms with Gasteiger partial charge in [-0.3, -0.25) is 0 Å². The molecule has 0 saturated carbocycles. The third-order valence-corrected chi connectivity index (χ3v) is 4.41. The van der Waals surface area contributed by atoms with Crippen molar-refractivity contribution in [2.45, 2.75) is 13.5 Å². The number of hydrogen-bond donors (Lipinski definition) is 1. The maximum Gasteiger partial charge on any atom is 0.335 e. The summed E-state index contributed by atoms with van der Waals surface area (Å²) in [4.78, 5) is 10.9. The first kappa shape index (κ1) is 15.6. The molecule has 3 nitrogen and oxygen atoms in total. The van der Waals surface area contributed by atoms with Crippen LogP contribution in [0.1, 0.15) is 21.6 Å². The van der Waals surface area contributed by atoms with Crippen molar-refractivity contribution in [1.82, 2.24) is 4.57 Å². The number of aryl methyl sites for hydroxylation is 1. The van der Waals surface area contributed by atoms with Crippen LogP contribution in [0.5, 0.6) is 0 Å². The molecule has 0 atom stereocenters. The average molecular weight is 370 g/mol. The Balaban J connectivity index is 1.92. The molecule has 23 heavy (non-hydrogen) atoms. The van der Waals surface area contributed by atoms with Crippen molar-refractivity contribution in [3.05, 3.63) is 82.0 Å². The Morgan fingerprint density at radius 3 is 2.26 bits per heavy atom. The van der Waals surface area contributed by atoms with E-state index in [9.17, 15) is 4.79 Å². The Hall–Kier alpha value is -2.33. The summed E-state index contributed by atoms with van der Waals surface area (Å²) in [5.74, 6) is -0.899. The van der Waals surface area contributed by atoms with E-state index in [1.165, 1.54) is 5.69 Å². The second-order valence-electron chi connectivity index (χ2n) is 5.46. The molecule has 0 aliphatic heterocycles. The van der Waals surface area contributed by atoms with Crippen LogP contribution >= 0.6 is 15.9 Å². The van der Waals surface area contributed by atoms with Crippen LogP contribution in [-0.4, -0.2) is 15.6 Å². The second-order valence-corrected chi connectivity index (χ2v) is 6.37. The standard InChI is InChI=1S/C19H16BrNO2/c1-13-2-11-18(15-7-9-17(20)10-8-15)21(13)12-14-3-5-16(6-4-14)19(22)23/h2-11H,12H2,1H3,(H,22,23). The van der Waals surface area contributed by atoms with E-state index >= 15 is 0 Å². The van der Waals surface area contributed by atoms with Crippen LogP contribution in [0.2, 0.25) is 0 Å². The molecule has 1 aromatic heterocycles. The maximum absolute atomic E-state index is 10.9. The van der Waals surface area contributed by atoms with Crippen molar-refractivity contribution in [2.75, 3.05) is 0 Å². The molecule has 1 N–H and O–H groups in total. The predicted molar refractivity (Wildman–Crippen MR) is 94.8 cm³/mol. The number of carboxylic acid groups (broad SMARTS) is 1. The van der Waals surface area contributed by atoms with Crippen LogP contribution < -0.4 is 0 Å². The van der Waals surface area contributed by atoms with Gasteiger partial charge in [0.25, 0.3) is 0 Å². The van der Waals surface area contributed by atoms with Gasteiger partial charge in [-0.25, -0.2) is 4.79 Å². The van der Waals surface area contributed by atoms with Gasteiger partial charge in [0.05, 0.1) is 5.56 Å². The van der Waals surface area contributed by atoms with Gasteiger partial charge >= 0.3 is 5.97 Å². The molecule has 1 heterocycles. The highest BCUT2D eigenvalue weighted by atomic mass is 79.9. The van der Waals surface area contributed by atoms with E-state index in [1.807, 2.05) is 24.3 Å². The summed E-state index contributed by atoms with van der Waals surface area (Å²) in [7, 11) is 0. The van der Waals surface area contributed by atoms with Gasteiger partial charge in [0.1, 0.15) is 0 Å². The third-order valence-electron chi connectivity index (χ3n) is 3.88. The minimum atomic E-state index is -0.899. The molecule has 116 valence electrons. The van der Waals surface area contributed by atoms with E-state index in [0.717, 1.165) is 21.3 Å². The summed E-state index contributed by atoms with van der Waals surface area (Å²) in [5.41, 5.74) is 4.87. The molecule has 3 rings (SSSR count). The van der Waals surface area contributed by atoms with Gasteiger partial charge in [-0.15, -0.1) is 0 Å². The van der Waals surface area contributed by atoms with Crippen LogP contribution in [0.3, 0.4) is 0 Å². The zero-order chi connectivity index (χ0) is 16.4. The van der Waals surface area contributed by atoms with Crippen molar-refractivity contribution < 1.29 is 9.90 Å². The number of hydrogen-bond acceptors (Lipinski definition) is 1. The fraction of sp³-hybridized carbons (Fsp3) is 0.105. The normalized spacial score (nSPS) is 10.7. The predicted octanol–water partition coefficient (Wildman–Crippen LogP) is 4.97. The second kappa shape index (κ2) is 6.42. The van der Waals surface area contributed by atoms with Gasteiger partial charge in [0, 0.05) is 22.4 Å². The van der Waals surface area contributed by atoms with Crippen molar-refractivity contribution in [3.63, 3.8) is 0 Å². The van der Waals surface area contributed by atoms with Crippen molar-refractivity contribution in [2.24, 2.45) is 0 Å². The van der Waals surface area contributed by atoms with Gasteiger partial charge in [0.2, 0.25) is 0 Å². The molecule has 0 unspecified atom stereocenters. The largest absolute Gasteiger partial charge is 0.478 e. The first-order valence-electron chi connectivity index (χ1n) is 7.29. The maximum atomic E-state index is 10.9. The van der Waals surface area contributed by atoms with Crippen LogP contribution in [-0.2, 0) is 6.54 Å². The zero-order valence-electron chi connectivity index (χ0n) is 12.7. The van der Waals surface area contributed by atoms with E-state index in [1.54, 1.807) is 12.1 Å². The zero-order valence-corrected chi connectivity index (χ0v) is 14.2. The highest BCUT2D eigenvalue weighted by Crippen LogP contribution is 2.25. The number of aromatic nitrogens is 1. The minimum Gasteiger partial charge on any atom is -0.478 e. The highest BCUT2D eigenvalue weighted by Gasteiger charge is 2.09. The first-order valence-corrected chi connectivity index (χ1v) is 8.08. The van der Waals surface area contributed by atoms with E-state index in [2.05, 4.69) is 51.7 Å². The number of nitrogens with zero attached hydrogens (tertiary/aromatic N) is 1. The van der Waals surface area contributed by atoms with Crippen molar-refractivity contribution in [1.29, 1.82) is 0 Å². The summed E-state index contributed by atoms with van der Waals surface area (Å²) in [5, 5.41) is 8.98. The molecule has 0 radical (unpaired) electrons. The molecule has 3 aromatic rings. The lowest BCUT2D eigenvalue weighted by Gasteiger charge is -2.12. The quantitative estimate of drug-likeness (QED) is 0.704. The summed E-state index contributed by atoms with van der Waals surface area (Å²) in [6, 6.07) is 19.5. The third kappa shape index (κ3) is 3.37. The lowest BCUT2D eigenvalue weighted by atomic mass is 10.1. The summed E-state index contributed by atoms with van der Waals surface area (Å²) < 4.78 is 3.29. The Bertz CT molecular complexity index is 833. The monoisotopic (exact) mass is 369 g/mol. The van der Waals surface area contributed by atoms with Crippen LogP contribution in [0.25, 0.3) is 11.3 Å². The van der Waals surface area contributed by atoms with Crippen LogP contribution in [0.15, 0.2) is 65.1 Å². The average Bonchev–Trinajstić information content (AvgIpc) is 2.90. The smallest absolute Gasteiger partial charge is 0.335 e. The number of carbonyl (C=O) groups is 1. The number of carboxylic acids is 1. The fourth-order valence-electron chi connectivity index (χ4n) is 2.59. The van der Waals surface area contributed by atoms with Gasteiger partial charge < -0.3 is 9.67 Å². The summed E-state index contributed by atoms with van der Waals surface area (Å²) in [6.45, 7) is 2.79. The molecule has 0 fully saturated rings. The van der Waals surface area contributed by atoms with Crippen LogP contribution in [0, 0.1) is 6.92 Å². The Labute approximate surface area is 143 Å². The van der Waals surface area contributed by atoms with Gasteiger partial charge in [-0.2, -0.15) is 0 Å². The molecule has 2 aromatic carbocycles. The van der Waals surface area contributed by atoms with Crippen molar-refractivity contribution in [3.8, 4) is 11.3 Å². The van der Waals surface area contributed by atoms with E-state index < -0.39 is 5.97 Å². The topological polar surface area (TPSA) is 42.2 Å². The molecular formula is C19H16BrNO2. The first-order chi connectivity index (χ1) is 11.0. The van der Waals surface area contributed by atoms with Gasteiger partial charge in [0.15, 0.2) is 0 Å². The molecule has 0 spiro atoms. The molecular weight excluding hydrogens is 354 g/mol. The minimum absolute atomic E-state index is 0.311. The van der Waals surface area contributed by atoms with E-state index in [4.69, 9.17) is 5.11 Å². The molecule has 0 aliphatic rings. The molecule has 0 saturated heterocycles. The summed E-state index contributed by atoms with van der Waals surface area (Å²) in [6.07, 6.45) is 0. The Kier molecular flexibility index (Phi) is 4.35. The van der Waals surface area contributed by atoms with E-state index in [0.29, 0.717) is 12.1 Å². The lowest BCUT2D eigenvalue weighted by Crippen LogP contribution is -2.04. The lowest BCUT2D eigenvalue weighted by molar-refractivity contribution is 0.0697. The van der Waals surface area contributed by atoms with E-state index in [-0.39, 0.29) is 0 Å². The van der Waals surface area contributed by atoms with Gasteiger partial charge in [-0.05, 0) is 54.4 Å². The number of aromatic carboxylic acids is 1. The molecule has 4 heteroatoms. The fourth-order valence-corrected chi connectivity index (χ4v) is 2.85.